The monoisotopic (exact) mass is 217 g/mol. The molecule has 0 bridgehead atoms. The maximum absolute atomic E-state index is 11.2. The minimum atomic E-state index is -0.584. The number of primary amides is 1. The van der Waals surface area contributed by atoms with Gasteiger partial charge in [0, 0.05) is 12.4 Å². The van der Waals surface area contributed by atoms with Gasteiger partial charge in [-0.2, -0.15) is 0 Å². The molecule has 0 fully saturated rings. The van der Waals surface area contributed by atoms with Gasteiger partial charge in [-0.05, 0) is 11.6 Å². The molecule has 2 aromatic heterocycles. The number of imidazole rings is 1. The predicted octanol–water partition coefficient (Wildman–Crippen LogP) is 0.00750. The van der Waals surface area contributed by atoms with Crippen LogP contribution < -0.4 is 11.5 Å². The quantitative estimate of drug-likeness (QED) is 0.756. The highest BCUT2D eigenvalue weighted by atomic mass is 16.1. The molecule has 16 heavy (non-hydrogen) atoms. The van der Waals surface area contributed by atoms with Crippen LogP contribution in [0.5, 0.6) is 0 Å². The molecular formula is C10H11N5O. The molecule has 0 aliphatic carbocycles. The van der Waals surface area contributed by atoms with Crippen molar-refractivity contribution < 1.29 is 4.79 Å². The van der Waals surface area contributed by atoms with Crippen LogP contribution >= 0.6 is 0 Å². The molecule has 82 valence electrons. The molecule has 2 aromatic rings. The lowest BCUT2D eigenvalue weighted by Gasteiger charge is -2.05. The van der Waals surface area contributed by atoms with Crippen LogP contribution in [0.25, 0.3) is 0 Å². The zero-order valence-corrected chi connectivity index (χ0v) is 8.50. The van der Waals surface area contributed by atoms with Crippen LogP contribution in [0.1, 0.15) is 16.1 Å². The topological polar surface area (TPSA) is 99.8 Å². The van der Waals surface area contributed by atoms with E-state index in [0.29, 0.717) is 6.54 Å². The zero-order valence-electron chi connectivity index (χ0n) is 8.50. The Bertz CT molecular complexity index is 505. The molecule has 0 radical (unpaired) electrons. The van der Waals surface area contributed by atoms with Crippen LogP contribution in [-0.4, -0.2) is 20.4 Å². The van der Waals surface area contributed by atoms with E-state index in [-0.39, 0.29) is 11.5 Å². The lowest BCUT2D eigenvalue weighted by molar-refractivity contribution is 0.0993. The van der Waals surface area contributed by atoms with Crippen LogP contribution in [0.2, 0.25) is 0 Å². The molecule has 6 heteroatoms. The van der Waals surface area contributed by atoms with Crippen molar-refractivity contribution in [2.75, 3.05) is 5.73 Å². The lowest BCUT2D eigenvalue weighted by atomic mass is 10.3. The summed E-state index contributed by atoms with van der Waals surface area (Å²) >= 11 is 0. The van der Waals surface area contributed by atoms with Gasteiger partial charge in [0.05, 0.1) is 12.9 Å². The largest absolute Gasteiger partial charge is 0.382 e. The van der Waals surface area contributed by atoms with E-state index in [9.17, 15) is 4.79 Å². The van der Waals surface area contributed by atoms with Crippen LogP contribution in [0.15, 0.2) is 30.9 Å². The number of pyridine rings is 1. The van der Waals surface area contributed by atoms with Gasteiger partial charge in [0.2, 0.25) is 0 Å². The highest BCUT2D eigenvalue weighted by molar-refractivity contribution is 5.95. The smallest absolute Gasteiger partial charge is 0.269 e. The summed E-state index contributed by atoms with van der Waals surface area (Å²) in [5, 5.41) is 0. The molecule has 0 spiro atoms. The standard InChI is InChI=1S/C10H11N5O/c11-9-8(10(12)16)15(6-14-9)5-7-2-1-3-13-4-7/h1-4,6H,5,11H2,(H2,12,16). The molecule has 1 amide bonds. The molecule has 0 aliphatic rings. The molecule has 0 saturated heterocycles. The number of nitrogen functional groups attached to an aromatic ring is 1. The number of anilines is 1. The number of carbonyl (C=O) groups is 1. The molecule has 0 atom stereocenters. The third-order valence-corrected chi connectivity index (χ3v) is 2.18. The Morgan fingerprint density at radius 1 is 1.50 bits per heavy atom. The Morgan fingerprint density at radius 2 is 2.31 bits per heavy atom. The summed E-state index contributed by atoms with van der Waals surface area (Å²) in [4.78, 5) is 19.0. The number of hydrogen-bond acceptors (Lipinski definition) is 4. The molecule has 0 saturated carbocycles. The first kappa shape index (κ1) is 10.2. The van der Waals surface area contributed by atoms with Gasteiger partial charge in [-0.1, -0.05) is 6.07 Å². The van der Waals surface area contributed by atoms with Gasteiger partial charge in [-0.25, -0.2) is 4.98 Å². The summed E-state index contributed by atoms with van der Waals surface area (Å²) in [6.45, 7) is 0.469. The fraction of sp³-hybridized carbons (Fsp3) is 0.100. The van der Waals surface area contributed by atoms with Crippen molar-refractivity contribution in [3.63, 3.8) is 0 Å². The minimum absolute atomic E-state index is 0.149. The minimum Gasteiger partial charge on any atom is -0.382 e. The van der Waals surface area contributed by atoms with E-state index < -0.39 is 5.91 Å². The lowest BCUT2D eigenvalue weighted by Crippen LogP contribution is -2.18. The van der Waals surface area contributed by atoms with E-state index in [2.05, 4.69) is 9.97 Å². The molecule has 2 rings (SSSR count). The van der Waals surface area contributed by atoms with E-state index >= 15 is 0 Å². The zero-order chi connectivity index (χ0) is 11.5. The van der Waals surface area contributed by atoms with Gasteiger partial charge in [0.15, 0.2) is 11.5 Å². The first-order valence-electron chi connectivity index (χ1n) is 4.68. The summed E-state index contributed by atoms with van der Waals surface area (Å²) < 4.78 is 1.61. The number of aromatic nitrogens is 3. The number of nitrogens with zero attached hydrogens (tertiary/aromatic N) is 3. The van der Waals surface area contributed by atoms with Crippen molar-refractivity contribution in [3.05, 3.63) is 42.1 Å². The summed E-state index contributed by atoms with van der Waals surface area (Å²) in [6.07, 6.45) is 4.88. The van der Waals surface area contributed by atoms with Crippen molar-refractivity contribution in [2.24, 2.45) is 5.73 Å². The average molecular weight is 217 g/mol. The third kappa shape index (κ3) is 1.85. The second kappa shape index (κ2) is 4.01. The van der Waals surface area contributed by atoms with Crippen LogP contribution in [0.3, 0.4) is 0 Å². The normalized spacial score (nSPS) is 10.2. The van der Waals surface area contributed by atoms with E-state index in [1.54, 1.807) is 17.0 Å². The fourth-order valence-electron chi connectivity index (χ4n) is 1.47. The van der Waals surface area contributed by atoms with Crippen molar-refractivity contribution in [1.29, 1.82) is 0 Å². The second-order valence-electron chi connectivity index (χ2n) is 3.33. The summed E-state index contributed by atoms with van der Waals surface area (Å²) in [5.41, 5.74) is 11.9. The molecule has 0 aliphatic heterocycles. The maximum atomic E-state index is 11.2. The predicted molar refractivity (Wildman–Crippen MR) is 58.5 cm³/mol. The highest BCUT2D eigenvalue weighted by Gasteiger charge is 2.13. The average Bonchev–Trinajstić information content (AvgIpc) is 2.61. The number of carbonyl (C=O) groups excluding carboxylic acids is 1. The van der Waals surface area contributed by atoms with Gasteiger partial charge >= 0.3 is 0 Å². The van der Waals surface area contributed by atoms with Gasteiger partial charge in [0.1, 0.15) is 0 Å². The van der Waals surface area contributed by atoms with Crippen molar-refractivity contribution in [2.45, 2.75) is 6.54 Å². The Balaban J connectivity index is 2.32. The fourth-order valence-corrected chi connectivity index (χ4v) is 1.47. The van der Waals surface area contributed by atoms with Gasteiger partial charge in [-0.15, -0.1) is 0 Å². The number of nitrogens with two attached hydrogens (primary N) is 2. The number of amides is 1. The van der Waals surface area contributed by atoms with Crippen LogP contribution in [0, 0.1) is 0 Å². The van der Waals surface area contributed by atoms with Gasteiger partial charge in [0.25, 0.3) is 5.91 Å². The summed E-state index contributed by atoms with van der Waals surface area (Å²) in [5.74, 6) is -0.435. The molecule has 2 heterocycles. The second-order valence-corrected chi connectivity index (χ2v) is 3.33. The molecule has 4 N–H and O–H groups in total. The van der Waals surface area contributed by atoms with Crippen molar-refractivity contribution >= 4 is 11.7 Å². The van der Waals surface area contributed by atoms with Crippen LogP contribution in [-0.2, 0) is 6.54 Å². The molecule has 6 nitrogen and oxygen atoms in total. The summed E-state index contributed by atoms with van der Waals surface area (Å²) in [7, 11) is 0. The maximum Gasteiger partial charge on any atom is 0.269 e. The first-order chi connectivity index (χ1) is 7.68. The number of rotatable bonds is 3. The SMILES string of the molecule is NC(=O)c1c(N)ncn1Cc1cccnc1. The van der Waals surface area contributed by atoms with E-state index in [0.717, 1.165) is 5.56 Å². The van der Waals surface area contributed by atoms with E-state index in [1.807, 2.05) is 12.1 Å². The number of hydrogen-bond donors (Lipinski definition) is 2. The van der Waals surface area contributed by atoms with Gasteiger partial charge < -0.3 is 16.0 Å². The Hall–Kier alpha value is -2.37. The Morgan fingerprint density at radius 3 is 2.94 bits per heavy atom. The van der Waals surface area contributed by atoms with Crippen LogP contribution in [0.4, 0.5) is 5.82 Å². The van der Waals surface area contributed by atoms with Crippen molar-refractivity contribution in [1.82, 2.24) is 14.5 Å². The highest BCUT2D eigenvalue weighted by Crippen LogP contribution is 2.11. The summed E-state index contributed by atoms with van der Waals surface area (Å²) in [6, 6.07) is 3.72. The van der Waals surface area contributed by atoms with Gasteiger partial charge in [-0.3, -0.25) is 9.78 Å². The van der Waals surface area contributed by atoms with E-state index in [4.69, 9.17) is 11.5 Å². The molecule has 0 unspecified atom stereocenters. The van der Waals surface area contributed by atoms with E-state index in [1.165, 1.54) is 6.33 Å². The van der Waals surface area contributed by atoms with Crippen molar-refractivity contribution in [3.8, 4) is 0 Å². The first-order valence-corrected chi connectivity index (χ1v) is 4.68. The Labute approximate surface area is 91.9 Å². The molecule has 0 aromatic carbocycles. The third-order valence-electron chi connectivity index (χ3n) is 2.18. The Kier molecular flexibility index (Phi) is 2.55. The molecular weight excluding hydrogens is 206 g/mol.